The van der Waals surface area contributed by atoms with Crippen LogP contribution in [-0.2, 0) is 0 Å². The largest absolute Gasteiger partial charge is 0.453 e. The van der Waals surface area contributed by atoms with Crippen molar-refractivity contribution < 1.29 is 18.6 Å². The highest BCUT2D eigenvalue weighted by atomic mass is 19.1. The van der Waals surface area contributed by atoms with Crippen molar-refractivity contribution in [2.24, 2.45) is 0 Å². The van der Waals surface area contributed by atoms with Crippen LogP contribution in [0.5, 0.6) is 11.5 Å². The van der Waals surface area contributed by atoms with E-state index in [0.717, 1.165) is 18.2 Å². The molecule has 1 aromatic heterocycles. The number of aliphatic hydroxyl groups is 1. The van der Waals surface area contributed by atoms with Crippen LogP contribution in [-0.4, -0.2) is 10.1 Å². The summed E-state index contributed by atoms with van der Waals surface area (Å²) in [6.45, 7) is 1.83. The van der Waals surface area contributed by atoms with Crippen LogP contribution < -0.4 is 4.74 Å². The third-order valence-electron chi connectivity index (χ3n) is 2.61. The molecule has 1 aromatic carbocycles. The summed E-state index contributed by atoms with van der Waals surface area (Å²) < 4.78 is 31.5. The highest BCUT2D eigenvalue weighted by Crippen LogP contribution is 2.25. The average Bonchev–Trinajstić information content (AvgIpc) is 2.43. The van der Waals surface area contributed by atoms with Crippen molar-refractivity contribution in [3.8, 4) is 11.5 Å². The Balaban J connectivity index is 2.17. The molecule has 0 aliphatic rings. The number of pyridine rings is 1. The SMILES string of the molecule is CC[C@H](O)c1ccc(Oc2cc(F)ccc2F)cn1. The third kappa shape index (κ3) is 3.26. The lowest BCUT2D eigenvalue weighted by molar-refractivity contribution is 0.169. The topological polar surface area (TPSA) is 42.4 Å². The molecule has 1 N–H and O–H groups in total. The Kier molecular flexibility index (Phi) is 4.06. The zero-order chi connectivity index (χ0) is 13.8. The fraction of sp³-hybridized carbons (Fsp3) is 0.214. The molecule has 19 heavy (non-hydrogen) atoms. The van der Waals surface area contributed by atoms with Crippen molar-refractivity contribution in [2.75, 3.05) is 0 Å². The quantitative estimate of drug-likeness (QED) is 0.918. The second-order valence-electron chi connectivity index (χ2n) is 4.02. The molecule has 0 fully saturated rings. The molecule has 100 valence electrons. The molecule has 0 saturated carbocycles. The van der Waals surface area contributed by atoms with Crippen LogP contribution in [0, 0.1) is 11.6 Å². The van der Waals surface area contributed by atoms with Gasteiger partial charge in [0.15, 0.2) is 11.6 Å². The van der Waals surface area contributed by atoms with Gasteiger partial charge in [-0.2, -0.15) is 0 Å². The first-order valence-corrected chi connectivity index (χ1v) is 5.87. The Labute approximate surface area is 109 Å². The van der Waals surface area contributed by atoms with Crippen molar-refractivity contribution in [3.63, 3.8) is 0 Å². The van der Waals surface area contributed by atoms with E-state index in [9.17, 15) is 13.9 Å². The van der Waals surface area contributed by atoms with Gasteiger partial charge in [0.2, 0.25) is 0 Å². The Morgan fingerprint density at radius 2 is 2.05 bits per heavy atom. The van der Waals surface area contributed by atoms with Crippen LogP contribution >= 0.6 is 0 Å². The maximum atomic E-state index is 13.4. The van der Waals surface area contributed by atoms with Gasteiger partial charge in [-0.1, -0.05) is 6.92 Å². The molecule has 2 rings (SSSR count). The Morgan fingerprint density at radius 3 is 2.68 bits per heavy atom. The molecule has 0 radical (unpaired) electrons. The number of ether oxygens (including phenoxy) is 1. The summed E-state index contributed by atoms with van der Waals surface area (Å²) in [6, 6.07) is 6.10. The molecule has 0 amide bonds. The molecule has 0 spiro atoms. The zero-order valence-corrected chi connectivity index (χ0v) is 10.3. The third-order valence-corrected chi connectivity index (χ3v) is 2.61. The van der Waals surface area contributed by atoms with Crippen LogP contribution in [0.3, 0.4) is 0 Å². The second-order valence-corrected chi connectivity index (χ2v) is 4.02. The van der Waals surface area contributed by atoms with E-state index in [4.69, 9.17) is 4.74 Å². The fourth-order valence-corrected chi connectivity index (χ4v) is 1.54. The summed E-state index contributed by atoms with van der Waals surface area (Å²) in [4.78, 5) is 4.01. The van der Waals surface area contributed by atoms with Crippen molar-refractivity contribution in [1.82, 2.24) is 4.98 Å². The lowest BCUT2D eigenvalue weighted by atomic mass is 10.2. The van der Waals surface area contributed by atoms with Gasteiger partial charge in [-0.15, -0.1) is 0 Å². The van der Waals surface area contributed by atoms with Gasteiger partial charge < -0.3 is 9.84 Å². The van der Waals surface area contributed by atoms with E-state index >= 15 is 0 Å². The van der Waals surface area contributed by atoms with Gasteiger partial charge >= 0.3 is 0 Å². The van der Waals surface area contributed by atoms with Gasteiger partial charge in [0.1, 0.15) is 11.6 Å². The molecular formula is C14H13F2NO2. The number of benzene rings is 1. The first-order chi connectivity index (χ1) is 9.10. The van der Waals surface area contributed by atoms with E-state index in [1.807, 2.05) is 6.92 Å². The number of hydrogen-bond donors (Lipinski definition) is 1. The average molecular weight is 265 g/mol. The van der Waals surface area contributed by atoms with Crippen LogP contribution in [0.4, 0.5) is 8.78 Å². The molecule has 3 nitrogen and oxygen atoms in total. The van der Waals surface area contributed by atoms with E-state index in [1.54, 1.807) is 12.1 Å². The molecule has 0 aliphatic heterocycles. The maximum Gasteiger partial charge on any atom is 0.166 e. The summed E-state index contributed by atoms with van der Waals surface area (Å²) in [7, 11) is 0. The van der Waals surface area contributed by atoms with E-state index in [1.165, 1.54) is 6.20 Å². The molecule has 5 heteroatoms. The molecule has 2 aromatic rings. The van der Waals surface area contributed by atoms with Gasteiger partial charge in [-0.25, -0.2) is 8.78 Å². The normalized spacial score (nSPS) is 12.2. The van der Waals surface area contributed by atoms with Crippen LogP contribution in [0.2, 0.25) is 0 Å². The first-order valence-electron chi connectivity index (χ1n) is 5.87. The highest BCUT2D eigenvalue weighted by molar-refractivity contribution is 5.31. The number of rotatable bonds is 4. The summed E-state index contributed by atoms with van der Waals surface area (Å²) in [6.07, 6.45) is 1.27. The van der Waals surface area contributed by atoms with Crippen LogP contribution in [0.25, 0.3) is 0 Å². The van der Waals surface area contributed by atoms with Crippen LogP contribution in [0.15, 0.2) is 36.5 Å². The van der Waals surface area contributed by atoms with E-state index in [-0.39, 0.29) is 11.5 Å². The zero-order valence-electron chi connectivity index (χ0n) is 10.3. The minimum atomic E-state index is -0.654. The molecule has 0 unspecified atom stereocenters. The lowest BCUT2D eigenvalue weighted by Crippen LogP contribution is -1.98. The Bertz CT molecular complexity index is 558. The van der Waals surface area contributed by atoms with E-state index in [2.05, 4.69) is 4.98 Å². The Hall–Kier alpha value is -2.01. The molecule has 1 atom stereocenters. The van der Waals surface area contributed by atoms with Crippen molar-refractivity contribution in [3.05, 3.63) is 53.9 Å². The van der Waals surface area contributed by atoms with Crippen molar-refractivity contribution >= 4 is 0 Å². The van der Waals surface area contributed by atoms with Crippen molar-refractivity contribution in [1.29, 1.82) is 0 Å². The summed E-state index contributed by atoms with van der Waals surface area (Å²) >= 11 is 0. The first kappa shape index (κ1) is 13.4. The van der Waals surface area contributed by atoms with E-state index in [0.29, 0.717) is 12.1 Å². The number of aliphatic hydroxyl groups excluding tert-OH is 1. The molecule has 0 saturated heterocycles. The second kappa shape index (κ2) is 5.75. The smallest absolute Gasteiger partial charge is 0.166 e. The predicted octanol–water partition coefficient (Wildman–Crippen LogP) is 3.60. The Morgan fingerprint density at radius 1 is 1.26 bits per heavy atom. The minimum absolute atomic E-state index is 0.203. The monoisotopic (exact) mass is 265 g/mol. The summed E-state index contributed by atoms with van der Waals surface area (Å²) in [5.41, 5.74) is 0.509. The summed E-state index contributed by atoms with van der Waals surface area (Å²) in [5, 5.41) is 9.58. The highest BCUT2D eigenvalue weighted by Gasteiger charge is 2.09. The molecule has 0 aliphatic carbocycles. The van der Waals surface area contributed by atoms with Gasteiger partial charge in [0.25, 0.3) is 0 Å². The molecule has 1 heterocycles. The predicted molar refractivity (Wildman–Crippen MR) is 65.9 cm³/mol. The van der Waals surface area contributed by atoms with E-state index < -0.39 is 17.7 Å². The van der Waals surface area contributed by atoms with Gasteiger partial charge in [-0.05, 0) is 30.7 Å². The summed E-state index contributed by atoms with van der Waals surface area (Å²) in [5.74, 6) is -1.16. The van der Waals surface area contributed by atoms with Gasteiger partial charge in [-0.3, -0.25) is 4.98 Å². The van der Waals surface area contributed by atoms with Gasteiger partial charge in [0.05, 0.1) is 18.0 Å². The molecule has 0 bridgehead atoms. The number of halogens is 2. The lowest BCUT2D eigenvalue weighted by Gasteiger charge is -2.09. The van der Waals surface area contributed by atoms with Crippen LogP contribution in [0.1, 0.15) is 25.1 Å². The molecular weight excluding hydrogens is 252 g/mol. The van der Waals surface area contributed by atoms with Gasteiger partial charge in [0, 0.05) is 6.07 Å². The standard InChI is InChI=1S/C14H13F2NO2/c1-2-13(18)12-6-4-10(8-17-12)19-14-7-9(15)3-5-11(14)16/h3-8,13,18H,2H2,1H3/t13-/m0/s1. The number of hydrogen-bond acceptors (Lipinski definition) is 3. The van der Waals surface area contributed by atoms with Crippen molar-refractivity contribution in [2.45, 2.75) is 19.4 Å². The maximum absolute atomic E-state index is 13.4. The minimum Gasteiger partial charge on any atom is -0.453 e. The number of aromatic nitrogens is 1. The fourth-order valence-electron chi connectivity index (χ4n) is 1.54. The number of nitrogens with zero attached hydrogens (tertiary/aromatic N) is 1.